The summed E-state index contributed by atoms with van der Waals surface area (Å²) in [5.41, 5.74) is 2.01. The van der Waals surface area contributed by atoms with E-state index < -0.39 is 0 Å². The normalized spacial score (nSPS) is 11.5. The van der Waals surface area contributed by atoms with Gasteiger partial charge in [0.15, 0.2) is 5.96 Å². The zero-order chi connectivity index (χ0) is 18.9. The van der Waals surface area contributed by atoms with E-state index in [1.54, 1.807) is 30.5 Å². The molecule has 0 aliphatic carbocycles. The number of aliphatic imine (C=N–C) groups is 1. The van der Waals surface area contributed by atoms with E-state index in [1.807, 2.05) is 24.9 Å². The number of thiazole rings is 1. The molecule has 1 heterocycles. The first-order chi connectivity index (χ1) is 12.5. The Balaban J connectivity index is 1.65. The highest BCUT2D eigenvalue weighted by Crippen LogP contribution is 2.16. The molecule has 0 saturated heterocycles. The lowest BCUT2D eigenvalue weighted by atomic mass is 10.2. The number of halogens is 1. The number of rotatable bonds is 8. The van der Waals surface area contributed by atoms with Crippen LogP contribution in [0.5, 0.6) is 0 Å². The number of anilines is 1. The van der Waals surface area contributed by atoms with Crippen LogP contribution in [0.4, 0.5) is 10.1 Å². The monoisotopic (exact) mass is 377 g/mol. The smallest absolute Gasteiger partial charge is 0.190 e. The van der Waals surface area contributed by atoms with Crippen LogP contribution in [-0.4, -0.2) is 44.7 Å². The Bertz CT molecular complexity index is 709. The fourth-order valence-electron chi connectivity index (χ4n) is 2.52. The van der Waals surface area contributed by atoms with Crippen LogP contribution in [0.1, 0.15) is 22.0 Å². The highest BCUT2D eigenvalue weighted by atomic mass is 32.1. The second-order valence-electron chi connectivity index (χ2n) is 6.18. The van der Waals surface area contributed by atoms with Crippen molar-refractivity contribution < 1.29 is 4.39 Å². The second-order valence-corrected chi connectivity index (χ2v) is 7.47. The van der Waals surface area contributed by atoms with Crippen LogP contribution in [0.2, 0.25) is 0 Å². The molecule has 26 heavy (non-hydrogen) atoms. The average Bonchev–Trinajstić information content (AvgIpc) is 2.94. The van der Waals surface area contributed by atoms with E-state index in [4.69, 9.17) is 0 Å². The van der Waals surface area contributed by atoms with Crippen molar-refractivity contribution in [3.8, 4) is 0 Å². The Labute approximate surface area is 159 Å². The third-order valence-electron chi connectivity index (χ3n) is 4.14. The average molecular weight is 378 g/mol. The molecule has 1 aromatic heterocycles. The van der Waals surface area contributed by atoms with Crippen molar-refractivity contribution >= 4 is 23.0 Å². The maximum absolute atomic E-state index is 13.3. The third-order valence-corrected chi connectivity index (χ3v) is 5.27. The van der Waals surface area contributed by atoms with Crippen LogP contribution in [0.15, 0.2) is 29.3 Å². The number of benzene rings is 1. The lowest BCUT2D eigenvalue weighted by Gasteiger charge is -2.19. The van der Waals surface area contributed by atoms with Gasteiger partial charge in [0.25, 0.3) is 0 Å². The van der Waals surface area contributed by atoms with Crippen LogP contribution in [0.3, 0.4) is 0 Å². The summed E-state index contributed by atoms with van der Waals surface area (Å²) in [5.74, 6) is 0.589. The number of hydrogen-bond donors (Lipinski definition) is 2. The Morgan fingerprint density at radius 2 is 2.04 bits per heavy atom. The number of nitrogens with zero attached hydrogens (tertiary/aromatic N) is 3. The third kappa shape index (κ3) is 6.29. The molecule has 1 aromatic carbocycles. The standard InChI is InChI=1S/C19H28FN5S/c1-14-15(2)26-18(24-14)9-11-23-19(21-3)22-10-6-12-25(4)17-8-5-7-16(20)13-17/h5,7-8,13H,6,9-12H2,1-4H3,(H2,21,22,23). The van der Waals surface area contributed by atoms with Crippen molar-refractivity contribution in [2.45, 2.75) is 26.7 Å². The molecule has 0 radical (unpaired) electrons. The maximum Gasteiger partial charge on any atom is 0.190 e. The summed E-state index contributed by atoms with van der Waals surface area (Å²) in [4.78, 5) is 12.1. The Morgan fingerprint density at radius 3 is 2.69 bits per heavy atom. The van der Waals surface area contributed by atoms with E-state index in [1.165, 1.54) is 10.9 Å². The van der Waals surface area contributed by atoms with Gasteiger partial charge in [-0.2, -0.15) is 0 Å². The Morgan fingerprint density at radius 1 is 1.27 bits per heavy atom. The Kier molecular flexibility index (Phi) is 7.84. The lowest BCUT2D eigenvalue weighted by Crippen LogP contribution is -2.39. The molecule has 2 N–H and O–H groups in total. The summed E-state index contributed by atoms with van der Waals surface area (Å²) in [6, 6.07) is 6.66. The molecule has 0 unspecified atom stereocenters. The quantitative estimate of drug-likeness (QED) is 0.422. The van der Waals surface area contributed by atoms with Gasteiger partial charge in [-0.05, 0) is 38.5 Å². The molecular formula is C19H28FN5S. The van der Waals surface area contributed by atoms with Gasteiger partial charge in [0.2, 0.25) is 0 Å². The van der Waals surface area contributed by atoms with E-state index in [9.17, 15) is 4.39 Å². The molecule has 0 fully saturated rings. The topological polar surface area (TPSA) is 52.6 Å². The van der Waals surface area contributed by atoms with Gasteiger partial charge in [0, 0.05) is 50.7 Å². The first-order valence-electron chi connectivity index (χ1n) is 8.83. The molecule has 142 valence electrons. The SMILES string of the molecule is CN=C(NCCCN(C)c1cccc(F)c1)NCCc1nc(C)c(C)s1. The predicted octanol–water partition coefficient (Wildman–Crippen LogP) is 3.13. The van der Waals surface area contributed by atoms with Crippen LogP contribution in [-0.2, 0) is 6.42 Å². The zero-order valence-electron chi connectivity index (χ0n) is 16.0. The van der Waals surface area contributed by atoms with Crippen LogP contribution in [0, 0.1) is 19.7 Å². The van der Waals surface area contributed by atoms with Crippen molar-refractivity contribution in [3.05, 3.63) is 45.7 Å². The first-order valence-corrected chi connectivity index (χ1v) is 9.65. The van der Waals surface area contributed by atoms with Crippen molar-refractivity contribution in [2.75, 3.05) is 38.6 Å². The van der Waals surface area contributed by atoms with Crippen molar-refractivity contribution in [1.82, 2.24) is 15.6 Å². The fraction of sp³-hybridized carbons (Fsp3) is 0.474. The molecule has 2 aromatic rings. The maximum atomic E-state index is 13.3. The highest BCUT2D eigenvalue weighted by molar-refractivity contribution is 7.11. The largest absolute Gasteiger partial charge is 0.374 e. The number of nitrogens with one attached hydrogen (secondary N) is 2. The summed E-state index contributed by atoms with van der Waals surface area (Å²) in [6.07, 6.45) is 1.82. The van der Waals surface area contributed by atoms with E-state index in [2.05, 4.69) is 27.5 Å². The van der Waals surface area contributed by atoms with Gasteiger partial charge < -0.3 is 15.5 Å². The van der Waals surface area contributed by atoms with Gasteiger partial charge in [-0.25, -0.2) is 9.37 Å². The van der Waals surface area contributed by atoms with Gasteiger partial charge in [-0.1, -0.05) is 6.07 Å². The van der Waals surface area contributed by atoms with Gasteiger partial charge in [-0.3, -0.25) is 4.99 Å². The van der Waals surface area contributed by atoms with Gasteiger partial charge in [0.05, 0.1) is 10.7 Å². The molecule has 2 rings (SSSR count). The summed E-state index contributed by atoms with van der Waals surface area (Å²) in [6.45, 7) is 6.59. The molecule has 0 aliphatic rings. The summed E-state index contributed by atoms with van der Waals surface area (Å²) >= 11 is 1.75. The van der Waals surface area contributed by atoms with Gasteiger partial charge in [0.1, 0.15) is 5.82 Å². The fourth-order valence-corrected chi connectivity index (χ4v) is 3.45. The van der Waals surface area contributed by atoms with Crippen molar-refractivity contribution in [2.24, 2.45) is 4.99 Å². The molecular weight excluding hydrogens is 349 g/mol. The summed E-state index contributed by atoms with van der Waals surface area (Å²) in [7, 11) is 3.74. The van der Waals surface area contributed by atoms with E-state index in [0.717, 1.165) is 54.8 Å². The number of guanidine groups is 1. The highest BCUT2D eigenvalue weighted by Gasteiger charge is 2.05. The molecule has 0 bridgehead atoms. The number of hydrogen-bond acceptors (Lipinski definition) is 4. The molecule has 0 amide bonds. The minimum atomic E-state index is -0.206. The second kappa shape index (κ2) is 10.1. The van der Waals surface area contributed by atoms with E-state index in [-0.39, 0.29) is 5.82 Å². The lowest BCUT2D eigenvalue weighted by molar-refractivity contribution is 0.626. The van der Waals surface area contributed by atoms with Crippen molar-refractivity contribution in [3.63, 3.8) is 0 Å². The molecule has 0 aliphatic heterocycles. The minimum Gasteiger partial charge on any atom is -0.374 e. The van der Waals surface area contributed by atoms with E-state index >= 15 is 0 Å². The predicted molar refractivity (Wildman–Crippen MR) is 109 cm³/mol. The van der Waals surface area contributed by atoms with Crippen molar-refractivity contribution in [1.29, 1.82) is 0 Å². The minimum absolute atomic E-state index is 0.206. The van der Waals surface area contributed by atoms with E-state index in [0.29, 0.717) is 0 Å². The van der Waals surface area contributed by atoms with Crippen LogP contribution in [0.25, 0.3) is 0 Å². The summed E-state index contributed by atoms with van der Waals surface area (Å²) < 4.78 is 13.3. The summed E-state index contributed by atoms with van der Waals surface area (Å²) in [5, 5.41) is 7.78. The van der Waals surface area contributed by atoms with Gasteiger partial charge in [-0.15, -0.1) is 11.3 Å². The molecule has 5 nitrogen and oxygen atoms in total. The molecule has 0 spiro atoms. The first kappa shape index (κ1) is 20.2. The number of aryl methyl sites for hydroxylation is 2. The van der Waals surface area contributed by atoms with Crippen LogP contribution >= 0.6 is 11.3 Å². The molecule has 7 heteroatoms. The Hall–Kier alpha value is -2.15. The zero-order valence-corrected chi connectivity index (χ0v) is 16.8. The number of aromatic nitrogens is 1. The molecule has 0 atom stereocenters. The van der Waals surface area contributed by atoms with Gasteiger partial charge >= 0.3 is 0 Å². The molecule has 0 saturated carbocycles. The van der Waals surface area contributed by atoms with Crippen LogP contribution < -0.4 is 15.5 Å².